The van der Waals surface area contributed by atoms with Crippen LogP contribution in [-0.2, 0) is 6.54 Å². The van der Waals surface area contributed by atoms with Gasteiger partial charge in [-0.25, -0.2) is 4.98 Å². The number of benzene rings is 1. The maximum absolute atomic E-state index is 10.4. The summed E-state index contributed by atoms with van der Waals surface area (Å²) in [5.74, 6) is 0.641. The van der Waals surface area contributed by atoms with Crippen molar-refractivity contribution in [2.24, 2.45) is 0 Å². The Balaban J connectivity index is 1.71. The first-order valence-corrected chi connectivity index (χ1v) is 7.11. The summed E-state index contributed by atoms with van der Waals surface area (Å²) >= 11 is 0. The Morgan fingerprint density at radius 1 is 1.40 bits per heavy atom. The van der Waals surface area contributed by atoms with E-state index in [1.807, 2.05) is 25.2 Å². The number of aliphatic hydroxyl groups is 1. The van der Waals surface area contributed by atoms with Gasteiger partial charge in [0.05, 0.1) is 17.8 Å². The minimum absolute atomic E-state index is 0.542. The van der Waals surface area contributed by atoms with Gasteiger partial charge in [-0.3, -0.25) is 4.90 Å². The van der Waals surface area contributed by atoms with Gasteiger partial charge in [-0.1, -0.05) is 18.9 Å². The maximum Gasteiger partial charge on any atom is 0.209 e. The van der Waals surface area contributed by atoms with Crippen molar-refractivity contribution in [2.75, 3.05) is 19.3 Å². The lowest BCUT2D eigenvalue weighted by molar-refractivity contribution is 0.0129. The molecule has 0 unspecified atom stereocenters. The molecule has 1 aliphatic carbocycles. The van der Waals surface area contributed by atoms with Crippen molar-refractivity contribution in [3.05, 3.63) is 24.1 Å². The summed E-state index contributed by atoms with van der Waals surface area (Å²) < 4.78 is 5.70. The predicted octanol–water partition coefficient (Wildman–Crippen LogP) is 2.15. The van der Waals surface area contributed by atoms with Gasteiger partial charge < -0.3 is 15.3 Å². The zero-order valence-corrected chi connectivity index (χ0v) is 11.8. The first kappa shape index (κ1) is 13.4. The highest BCUT2D eigenvalue weighted by Gasteiger charge is 2.32. The molecule has 0 atom stereocenters. The van der Waals surface area contributed by atoms with Crippen molar-refractivity contribution in [3.63, 3.8) is 0 Å². The number of likely N-dealkylation sites (N-methyl/N-ethyl adjacent to an activating group) is 1. The standard InChI is InChI=1S/C15H21N3O2/c1-18(10-15(19)7-2-3-8-15)9-13-17-14-11(16)5-4-6-12(14)20-13/h4-6,19H,2-3,7-10,16H2,1H3. The molecule has 0 amide bonds. The average molecular weight is 275 g/mol. The van der Waals surface area contributed by atoms with Gasteiger partial charge in [-0.05, 0) is 32.0 Å². The maximum atomic E-state index is 10.4. The Kier molecular flexibility index (Phi) is 3.40. The third kappa shape index (κ3) is 2.64. The number of nitrogens with two attached hydrogens (primary N) is 1. The van der Waals surface area contributed by atoms with Crippen molar-refractivity contribution in [2.45, 2.75) is 37.8 Å². The Bertz CT molecular complexity index is 602. The summed E-state index contributed by atoms with van der Waals surface area (Å²) in [5, 5.41) is 10.4. The number of fused-ring (bicyclic) bond motifs is 1. The summed E-state index contributed by atoms with van der Waals surface area (Å²) in [6.45, 7) is 1.23. The molecule has 1 aromatic carbocycles. The van der Waals surface area contributed by atoms with Crippen LogP contribution in [0.2, 0.25) is 0 Å². The topological polar surface area (TPSA) is 75.5 Å². The predicted molar refractivity (Wildman–Crippen MR) is 78.2 cm³/mol. The number of oxazole rings is 1. The van der Waals surface area contributed by atoms with Crippen LogP contribution in [0, 0.1) is 0 Å². The summed E-state index contributed by atoms with van der Waals surface area (Å²) in [6.07, 6.45) is 4.00. The fourth-order valence-corrected chi connectivity index (χ4v) is 3.06. The summed E-state index contributed by atoms with van der Waals surface area (Å²) in [5.41, 5.74) is 7.40. The summed E-state index contributed by atoms with van der Waals surface area (Å²) in [7, 11) is 1.98. The molecule has 2 aromatic rings. The first-order chi connectivity index (χ1) is 9.56. The molecule has 1 saturated carbocycles. The SMILES string of the molecule is CN(Cc1nc2c(N)cccc2o1)CC1(O)CCCC1. The molecule has 0 aliphatic heterocycles. The summed E-state index contributed by atoms with van der Waals surface area (Å²) in [4.78, 5) is 6.50. The van der Waals surface area contributed by atoms with Gasteiger partial charge in [-0.15, -0.1) is 0 Å². The zero-order valence-electron chi connectivity index (χ0n) is 11.8. The van der Waals surface area contributed by atoms with Crippen molar-refractivity contribution >= 4 is 16.8 Å². The molecule has 108 valence electrons. The van der Waals surface area contributed by atoms with Crippen molar-refractivity contribution in [1.82, 2.24) is 9.88 Å². The molecule has 1 fully saturated rings. The fourth-order valence-electron chi connectivity index (χ4n) is 3.06. The van der Waals surface area contributed by atoms with Crippen LogP contribution in [0.5, 0.6) is 0 Å². The van der Waals surface area contributed by atoms with E-state index in [4.69, 9.17) is 10.2 Å². The lowest BCUT2D eigenvalue weighted by atomic mass is 10.0. The van der Waals surface area contributed by atoms with Crippen molar-refractivity contribution in [3.8, 4) is 0 Å². The Morgan fingerprint density at radius 2 is 2.15 bits per heavy atom. The monoisotopic (exact) mass is 275 g/mol. The molecule has 5 nitrogen and oxygen atoms in total. The van der Waals surface area contributed by atoms with E-state index in [-0.39, 0.29) is 0 Å². The van der Waals surface area contributed by atoms with Crippen LogP contribution in [0.4, 0.5) is 5.69 Å². The summed E-state index contributed by atoms with van der Waals surface area (Å²) in [6, 6.07) is 5.55. The Labute approximate surface area is 118 Å². The fraction of sp³-hybridized carbons (Fsp3) is 0.533. The molecule has 0 radical (unpaired) electrons. The van der Waals surface area contributed by atoms with Crippen LogP contribution in [0.25, 0.3) is 11.1 Å². The van der Waals surface area contributed by atoms with Crippen LogP contribution < -0.4 is 5.73 Å². The third-order valence-corrected chi connectivity index (χ3v) is 4.00. The number of hydrogen-bond acceptors (Lipinski definition) is 5. The van der Waals surface area contributed by atoms with Crippen molar-refractivity contribution in [1.29, 1.82) is 0 Å². The average Bonchev–Trinajstić information content (AvgIpc) is 2.96. The van der Waals surface area contributed by atoms with E-state index in [2.05, 4.69) is 9.88 Å². The molecule has 1 aliphatic rings. The second-order valence-corrected chi connectivity index (χ2v) is 5.91. The van der Waals surface area contributed by atoms with E-state index in [0.717, 1.165) is 31.2 Å². The number of nitrogen functional groups attached to an aromatic ring is 1. The molecule has 0 bridgehead atoms. The van der Waals surface area contributed by atoms with E-state index >= 15 is 0 Å². The van der Waals surface area contributed by atoms with Gasteiger partial charge in [0.25, 0.3) is 0 Å². The van der Waals surface area contributed by atoms with Gasteiger partial charge in [-0.2, -0.15) is 0 Å². The van der Waals surface area contributed by atoms with E-state index < -0.39 is 5.60 Å². The Hall–Kier alpha value is -1.59. The highest BCUT2D eigenvalue weighted by molar-refractivity contribution is 5.85. The number of hydrogen-bond donors (Lipinski definition) is 2. The number of rotatable bonds is 4. The molecule has 5 heteroatoms. The van der Waals surface area contributed by atoms with Crippen molar-refractivity contribution < 1.29 is 9.52 Å². The minimum atomic E-state index is -0.542. The van der Waals surface area contributed by atoms with Crippen LogP contribution in [0.1, 0.15) is 31.6 Å². The van der Waals surface area contributed by atoms with Crippen LogP contribution in [-0.4, -0.2) is 34.2 Å². The zero-order chi connectivity index (χ0) is 14.2. The third-order valence-electron chi connectivity index (χ3n) is 4.00. The van der Waals surface area contributed by atoms with Gasteiger partial charge in [0.15, 0.2) is 5.58 Å². The second kappa shape index (κ2) is 5.07. The van der Waals surface area contributed by atoms with E-state index in [1.54, 1.807) is 0 Å². The van der Waals surface area contributed by atoms with Crippen LogP contribution in [0.3, 0.4) is 0 Å². The quantitative estimate of drug-likeness (QED) is 0.836. The molecule has 1 aromatic heterocycles. The van der Waals surface area contributed by atoms with Gasteiger partial charge in [0.2, 0.25) is 5.89 Å². The van der Waals surface area contributed by atoms with Gasteiger partial charge >= 0.3 is 0 Å². The van der Waals surface area contributed by atoms with E-state index in [1.165, 1.54) is 0 Å². The largest absolute Gasteiger partial charge is 0.439 e. The molecule has 0 spiro atoms. The normalized spacial score (nSPS) is 18.1. The Morgan fingerprint density at radius 3 is 2.85 bits per heavy atom. The minimum Gasteiger partial charge on any atom is -0.439 e. The highest BCUT2D eigenvalue weighted by atomic mass is 16.3. The van der Waals surface area contributed by atoms with Gasteiger partial charge in [0, 0.05) is 6.54 Å². The highest BCUT2D eigenvalue weighted by Crippen LogP contribution is 2.30. The van der Waals surface area contributed by atoms with E-state index in [0.29, 0.717) is 30.3 Å². The van der Waals surface area contributed by atoms with Gasteiger partial charge in [0.1, 0.15) is 5.52 Å². The lowest BCUT2D eigenvalue weighted by Gasteiger charge is -2.27. The lowest BCUT2D eigenvalue weighted by Crippen LogP contribution is -2.38. The number of aromatic nitrogens is 1. The molecule has 3 N–H and O–H groups in total. The molecular weight excluding hydrogens is 254 g/mol. The molecule has 0 saturated heterocycles. The van der Waals surface area contributed by atoms with Crippen LogP contribution in [0.15, 0.2) is 22.6 Å². The molecule has 20 heavy (non-hydrogen) atoms. The number of nitrogens with zero attached hydrogens (tertiary/aromatic N) is 2. The number of para-hydroxylation sites is 1. The molecule has 1 heterocycles. The molecule has 3 rings (SSSR count). The number of anilines is 1. The smallest absolute Gasteiger partial charge is 0.209 e. The van der Waals surface area contributed by atoms with Crippen LogP contribution >= 0.6 is 0 Å². The second-order valence-electron chi connectivity index (χ2n) is 5.91. The molecular formula is C15H21N3O2. The van der Waals surface area contributed by atoms with E-state index in [9.17, 15) is 5.11 Å². The first-order valence-electron chi connectivity index (χ1n) is 7.11.